The van der Waals surface area contributed by atoms with Crippen LogP contribution in [0.5, 0.6) is 5.75 Å². The van der Waals surface area contributed by atoms with E-state index in [4.69, 9.17) is 10.5 Å². The molecular weight excluding hydrogens is 277 g/mol. The van der Waals surface area contributed by atoms with Crippen molar-refractivity contribution < 1.29 is 13.3 Å². The van der Waals surface area contributed by atoms with Crippen molar-refractivity contribution in [2.45, 2.75) is 10.9 Å². The summed E-state index contributed by atoms with van der Waals surface area (Å²) in [5.74, 6) is 0.585. The lowest BCUT2D eigenvalue weighted by molar-refractivity contribution is 0.407. The Morgan fingerprint density at radius 3 is 2.50 bits per heavy atom. The van der Waals surface area contributed by atoms with Crippen molar-refractivity contribution in [3.8, 4) is 5.75 Å². The first kappa shape index (κ1) is 14.7. The van der Waals surface area contributed by atoms with Gasteiger partial charge < -0.3 is 10.5 Å². The van der Waals surface area contributed by atoms with E-state index in [-0.39, 0.29) is 11.6 Å². The molecular formula is C15H16FNO2S. The Hall–Kier alpha value is -1.72. The highest BCUT2D eigenvalue weighted by molar-refractivity contribution is 7.85. The molecule has 0 aliphatic rings. The zero-order valence-corrected chi connectivity index (χ0v) is 11.9. The van der Waals surface area contributed by atoms with Gasteiger partial charge in [-0.15, -0.1) is 0 Å². The molecule has 3 nitrogen and oxygen atoms in total. The molecule has 0 fully saturated rings. The molecule has 0 bridgehead atoms. The van der Waals surface area contributed by atoms with Gasteiger partial charge in [-0.25, -0.2) is 4.39 Å². The quantitative estimate of drug-likeness (QED) is 0.922. The van der Waals surface area contributed by atoms with Crippen molar-refractivity contribution in [3.63, 3.8) is 0 Å². The van der Waals surface area contributed by atoms with Gasteiger partial charge in [-0.3, -0.25) is 4.21 Å². The van der Waals surface area contributed by atoms with Crippen LogP contribution in [0.2, 0.25) is 0 Å². The van der Waals surface area contributed by atoms with Crippen LogP contribution in [0.4, 0.5) is 4.39 Å². The number of ether oxygens (including phenoxy) is 1. The third-order valence-electron chi connectivity index (χ3n) is 2.95. The van der Waals surface area contributed by atoms with Gasteiger partial charge in [0, 0.05) is 22.3 Å². The molecule has 0 amide bonds. The predicted octanol–water partition coefficient (Wildman–Crippen LogP) is 2.64. The Kier molecular flexibility index (Phi) is 4.87. The largest absolute Gasteiger partial charge is 0.496 e. The summed E-state index contributed by atoms with van der Waals surface area (Å²) in [5.41, 5.74) is 6.90. The van der Waals surface area contributed by atoms with E-state index in [9.17, 15) is 8.60 Å². The number of rotatable bonds is 5. The maximum atomic E-state index is 12.8. The van der Waals surface area contributed by atoms with Gasteiger partial charge in [0.15, 0.2) is 0 Å². The van der Waals surface area contributed by atoms with Crippen molar-refractivity contribution in [3.05, 3.63) is 59.9 Å². The van der Waals surface area contributed by atoms with Crippen LogP contribution in [-0.4, -0.2) is 17.1 Å². The van der Waals surface area contributed by atoms with Crippen LogP contribution in [-0.2, 0) is 10.8 Å². The molecule has 0 aromatic heterocycles. The topological polar surface area (TPSA) is 52.3 Å². The van der Waals surface area contributed by atoms with Gasteiger partial charge in [0.1, 0.15) is 11.6 Å². The normalized spacial score (nSPS) is 13.8. The molecule has 0 spiro atoms. The number of benzene rings is 2. The lowest BCUT2D eigenvalue weighted by Gasteiger charge is -2.15. The van der Waals surface area contributed by atoms with Crippen LogP contribution in [0.15, 0.2) is 53.4 Å². The van der Waals surface area contributed by atoms with Crippen LogP contribution in [0.25, 0.3) is 0 Å². The minimum Gasteiger partial charge on any atom is -0.496 e. The fourth-order valence-electron chi connectivity index (χ4n) is 1.91. The third-order valence-corrected chi connectivity index (χ3v) is 4.41. The Morgan fingerprint density at radius 1 is 1.20 bits per heavy atom. The van der Waals surface area contributed by atoms with Gasteiger partial charge in [-0.1, -0.05) is 18.2 Å². The highest BCUT2D eigenvalue weighted by Gasteiger charge is 2.15. The maximum absolute atomic E-state index is 12.8. The summed E-state index contributed by atoms with van der Waals surface area (Å²) in [5, 5.41) is 0. The summed E-state index contributed by atoms with van der Waals surface area (Å²) in [4.78, 5) is 0.566. The van der Waals surface area contributed by atoms with Crippen molar-refractivity contribution in [1.82, 2.24) is 0 Å². The van der Waals surface area contributed by atoms with E-state index >= 15 is 0 Å². The molecule has 0 saturated carbocycles. The van der Waals surface area contributed by atoms with E-state index in [0.29, 0.717) is 10.6 Å². The van der Waals surface area contributed by atoms with Gasteiger partial charge in [-0.2, -0.15) is 0 Å². The minimum absolute atomic E-state index is 0.256. The van der Waals surface area contributed by atoms with Gasteiger partial charge in [-0.05, 0) is 30.3 Å². The number of halogens is 1. The Morgan fingerprint density at radius 2 is 1.85 bits per heavy atom. The molecule has 0 heterocycles. The molecule has 2 aromatic rings. The fraction of sp³-hybridized carbons (Fsp3) is 0.200. The van der Waals surface area contributed by atoms with E-state index in [2.05, 4.69) is 0 Å². The summed E-state index contributed by atoms with van der Waals surface area (Å²) in [7, 11) is 0.292. The molecule has 5 heteroatoms. The standard InChI is InChI=1S/C15H16FNO2S/c1-19-15-5-3-2-4-13(15)14(17)10-20(18)12-8-6-11(16)7-9-12/h2-9,14H,10,17H2,1H3. The van der Waals surface area contributed by atoms with Crippen LogP contribution in [0.3, 0.4) is 0 Å². The summed E-state index contributed by atoms with van der Waals surface area (Å²) in [6, 6.07) is 12.6. The van der Waals surface area contributed by atoms with Gasteiger partial charge in [0.2, 0.25) is 0 Å². The summed E-state index contributed by atoms with van der Waals surface area (Å²) in [6.07, 6.45) is 0. The number of hydrogen-bond acceptors (Lipinski definition) is 3. The number of nitrogens with two attached hydrogens (primary N) is 1. The second-order valence-electron chi connectivity index (χ2n) is 4.31. The first-order chi connectivity index (χ1) is 9.61. The summed E-state index contributed by atoms with van der Waals surface area (Å²) in [6.45, 7) is 0. The summed E-state index contributed by atoms with van der Waals surface area (Å²) < 4.78 is 30.3. The molecule has 2 rings (SSSR count). The SMILES string of the molecule is COc1ccccc1C(N)CS(=O)c1ccc(F)cc1. The highest BCUT2D eigenvalue weighted by Crippen LogP contribution is 2.24. The predicted molar refractivity (Wildman–Crippen MR) is 77.6 cm³/mol. The molecule has 2 aromatic carbocycles. The van der Waals surface area contributed by atoms with E-state index in [1.54, 1.807) is 7.11 Å². The van der Waals surface area contributed by atoms with Crippen molar-refractivity contribution in [2.24, 2.45) is 5.73 Å². The number of hydrogen-bond donors (Lipinski definition) is 1. The van der Waals surface area contributed by atoms with Crippen molar-refractivity contribution >= 4 is 10.8 Å². The maximum Gasteiger partial charge on any atom is 0.123 e. The van der Waals surface area contributed by atoms with Crippen molar-refractivity contribution in [1.29, 1.82) is 0 Å². The van der Waals surface area contributed by atoms with Gasteiger partial charge >= 0.3 is 0 Å². The molecule has 0 aliphatic heterocycles. The number of methoxy groups -OCH3 is 1. The van der Waals surface area contributed by atoms with Crippen LogP contribution < -0.4 is 10.5 Å². The molecule has 2 atom stereocenters. The molecule has 2 unspecified atom stereocenters. The Labute approximate surface area is 120 Å². The van der Waals surface area contributed by atoms with Crippen molar-refractivity contribution in [2.75, 3.05) is 12.9 Å². The number of para-hydroxylation sites is 1. The molecule has 0 radical (unpaired) electrons. The Bertz CT molecular complexity index is 601. The monoisotopic (exact) mass is 293 g/mol. The van der Waals surface area contributed by atoms with E-state index < -0.39 is 16.8 Å². The molecule has 20 heavy (non-hydrogen) atoms. The molecule has 0 saturated heterocycles. The second kappa shape index (κ2) is 6.63. The van der Waals surface area contributed by atoms with Crippen LogP contribution in [0.1, 0.15) is 11.6 Å². The van der Waals surface area contributed by atoms with Crippen LogP contribution in [0, 0.1) is 5.82 Å². The third kappa shape index (κ3) is 3.43. The molecule has 106 valence electrons. The zero-order chi connectivity index (χ0) is 14.5. The molecule has 0 aliphatic carbocycles. The lowest BCUT2D eigenvalue weighted by Crippen LogP contribution is -2.19. The van der Waals surface area contributed by atoms with Crippen LogP contribution >= 0.6 is 0 Å². The van der Waals surface area contributed by atoms with Gasteiger partial charge in [0.05, 0.1) is 17.9 Å². The second-order valence-corrected chi connectivity index (χ2v) is 5.81. The first-order valence-corrected chi connectivity index (χ1v) is 7.46. The molecule has 2 N–H and O–H groups in total. The minimum atomic E-state index is -1.28. The average Bonchev–Trinajstić information content (AvgIpc) is 2.47. The lowest BCUT2D eigenvalue weighted by atomic mass is 10.1. The van der Waals surface area contributed by atoms with Gasteiger partial charge in [0.25, 0.3) is 0 Å². The first-order valence-electron chi connectivity index (χ1n) is 6.14. The average molecular weight is 293 g/mol. The fourth-order valence-corrected chi connectivity index (χ4v) is 3.05. The van der Waals surface area contributed by atoms with E-state index in [0.717, 1.165) is 5.56 Å². The Balaban J connectivity index is 2.13. The van der Waals surface area contributed by atoms with E-state index in [1.165, 1.54) is 24.3 Å². The summed E-state index contributed by atoms with van der Waals surface area (Å²) >= 11 is 0. The van der Waals surface area contributed by atoms with E-state index in [1.807, 2.05) is 24.3 Å². The zero-order valence-electron chi connectivity index (χ0n) is 11.1. The highest BCUT2D eigenvalue weighted by atomic mass is 32.2. The smallest absolute Gasteiger partial charge is 0.123 e.